The average molecular weight is 415 g/mol. The number of amides is 1. The minimum atomic E-state index is -4.53. The molecule has 0 spiro atoms. The summed E-state index contributed by atoms with van der Waals surface area (Å²) in [5.41, 5.74) is 6.30. The summed E-state index contributed by atoms with van der Waals surface area (Å²) in [5.74, 6) is 0.138. The quantitative estimate of drug-likeness (QED) is 0.472. The minimum Gasteiger partial charge on any atom is -0.382 e. The van der Waals surface area contributed by atoms with Gasteiger partial charge in [-0.1, -0.05) is 6.07 Å². The Labute approximate surface area is 168 Å². The number of fused-ring (bicyclic) bond motifs is 1. The van der Waals surface area contributed by atoms with Crippen molar-refractivity contribution >= 4 is 34.6 Å². The highest BCUT2D eigenvalue weighted by Gasteiger charge is 2.34. The number of hydrogen-bond acceptors (Lipinski definition) is 5. The Morgan fingerprint density at radius 2 is 1.77 bits per heavy atom. The molecule has 4 N–H and O–H groups in total. The van der Waals surface area contributed by atoms with Crippen LogP contribution in [0, 0.1) is 0 Å². The zero-order chi connectivity index (χ0) is 21.5. The Kier molecular flexibility index (Phi) is 4.57. The predicted molar refractivity (Wildman–Crippen MR) is 105 cm³/mol. The Bertz CT molecular complexity index is 1230. The van der Waals surface area contributed by atoms with Crippen molar-refractivity contribution < 1.29 is 18.0 Å². The molecule has 0 fully saturated rings. The first kappa shape index (κ1) is 19.3. The van der Waals surface area contributed by atoms with Gasteiger partial charge in [0.15, 0.2) is 11.5 Å². The number of hydrogen-bond donors (Lipinski definition) is 3. The molecule has 1 amide bonds. The number of rotatable bonds is 4. The van der Waals surface area contributed by atoms with Crippen LogP contribution in [-0.4, -0.2) is 25.1 Å². The molecule has 4 aromatic rings. The summed E-state index contributed by atoms with van der Waals surface area (Å²) in [5, 5.41) is 9.68. The van der Waals surface area contributed by atoms with Gasteiger partial charge in [-0.15, -0.1) is 0 Å². The SMILES string of the molecule is Cn1cc(C(=O)Nc2ccc(Nc3cccc4nc(C(F)(F)F)cn34)cc2)c(N)n1. The predicted octanol–water partition coefficient (Wildman–Crippen LogP) is 3.66. The first-order valence-corrected chi connectivity index (χ1v) is 8.73. The van der Waals surface area contributed by atoms with Crippen LogP contribution in [0.5, 0.6) is 0 Å². The van der Waals surface area contributed by atoms with Crippen LogP contribution in [0.2, 0.25) is 0 Å². The fraction of sp³-hybridized carbons (Fsp3) is 0.105. The van der Waals surface area contributed by atoms with Gasteiger partial charge >= 0.3 is 6.18 Å². The van der Waals surface area contributed by atoms with E-state index in [4.69, 9.17) is 5.73 Å². The lowest BCUT2D eigenvalue weighted by Gasteiger charge is -2.10. The molecule has 0 saturated carbocycles. The first-order chi connectivity index (χ1) is 14.2. The second kappa shape index (κ2) is 7.10. The normalized spacial score (nSPS) is 11.6. The summed E-state index contributed by atoms with van der Waals surface area (Å²) < 4.78 is 41.6. The lowest BCUT2D eigenvalue weighted by Crippen LogP contribution is -2.12. The molecule has 0 atom stereocenters. The summed E-state index contributed by atoms with van der Waals surface area (Å²) in [6, 6.07) is 11.4. The van der Waals surface area contributed by atoms with Crippen molar-refractivity contribution in [1.82, 2.24) is 19.2 Å². The monoisotopic (exact) mass is 415 g/mol. The summed E-state index contributed by atoms with van der Waals surface area (Å²) in [4.78, 5) is 15.9. The summed E-state index contributed by atoms with van der Waals surface area (Å²) in [7, 11) is 1.66. The number of pyridine rings is 1. The van der Waals surface area contributed by atoms with Crippen LogP contribution in [-0.2, 0) is 13.2 Å². The number of nitrogens with zero attached hydrogens (tertiary/aromatic N) is 4. The second-order valence-corrected chi connectivity index (χ2v) is 6.52. The summed E-state index contributed by atoms with van der Waals surface area (Å²) in [6.45, 7) is 0. The molecule has 3 heterocycles. The van der Waals surface area contributed by atoms with Crippen LogP contribution < -0.4 is 16.4 Å². The Morgan fingerprint density at radius 3 is 2.40 bits per heavy atom. The molecule has 0 radical (unpaired) electrons. The third-order valence-electron chi connectivity index (χ3n) is 4.30. The van der Waals surface area contributed by atoms with Crippen molar-refractivity contribution in [2.24, 2.45) is 7.05 Å². The molecular weight excluding hydrogens is 399 g/mol. The van der Waals surface area contributed by atoms with Gasteiger partial charge in [-0.25, -0.2) is 4.98 Å². The number of carbonyl (C=O) groups excluding carboxylic acids is 1. The molecule has 154 valence electrons. The number of anilines is 4. The molecule has 30 heavy (non-hydrogen) atoms. The van der Waals surface area contributed by atoms with E-state index in [-0.39, 0.29) is 17.0 Å². The van der Waals surface area contributed by atoms with Crippen LogP contribution in [0.15, 0.2) is 54.9 Å². The number of nitrogens with two attached hydrogens (primary N) is 1. The molecule has 8 nitrogen and oxygen atoms in total. The van der Waals surface area contributed by atoms with Crippen LogP contribution in [0.3, 0.4) is 0 Å². The molecule has 0 bridgehead atoms. The molecular formula is C19H16F3N7O. The Balaban J connectivity index is 1.52. The van der Waals surface area contributed by atoms with Crippen LogP contribution in [0.1, 0.15) is 16.1 Å². The van der Waals surface area contributed by atoms with Crippen LogP contribution in [0.4, 0.5) is 36.2 Å². The van der Waals surface area contributed by atoms with Crippen LogP contribution in [0.25, 0.3) is 5.65 Å². The maximum absolute atomic E-state index is 12.9. The minimum absolute atomic E-state index is 0.125. The first-order valence-electron chi connectivity index (χ1n) is 8.73. The Hall–Kier alpha value is -4.02. The molecule has 0 aliphatic heterocycles. The van der Waals surface area contributed by atoms with Crippen molar-refractivity contribution in [3.8, 4) is 0 Å². The Morgan fingerprint density at radius 1 is 1.07 bits per heavy atom. The highest BCUT2D eigenvalue weighted by Crippen LogP contribution is 2.30. The number of carbonyl (C=O) groups is 1. The summed E-state index contributed by atoms with van der Waals surface area (Å²) >= 11 is 0. The van der Waals surface area contributed by atoms with Gasteiger partial charge in [0.2, 0.25) is 0 Å². The van der Waals surface area contributed by atoms with Crippen LogP contribution >= 0.6 is 0 Å². The van der Waals surface area contributed by atoms with Gasteiger partial charge < -0.3 is 16.4 Å². The number of benzene rings is 1. The topological polar surface area (TPSA) is 102 Å². The molecule has 0 aliphatic rings. The number of imidazole rings is 1. The van der Waals surface area contributed by atoms with E-state index in [1.807, 2.05) is 0 Å². The van der Waals surface area contributed by atoms with Gasteiger partial charge in [0.05, 0.1) is 0 Å². The van der Waals surface area contributed by atoms with Gasteiger partial charge in [-0.2, -0.15) is 18.3 Å². The van der Waals surface area contributed by atoms with E-state index in [1.165, 1.54) is 21.3 Å². The highest BCUT2D eigenvalue weighted by atomic mass is 19.4. The second-order valence-electron chi connectivity index (χ2n) is 6.52. The van der Waals surface area contributed by atoms with E-state index >= 15 is 0 Å². The molecule has 0 saturated heterocycles. The van der Waals surface area contributed by atoms with E-state index in [1.54, 1.807) is 43.4 Å². The smallest absolute Gasteiger partial charge is 0.382 e. The summed E-state index contributed by atoms with van der Waals surface area (Å²) in [6.07, 6.45) is -2.08. The molecule has 4 rings (SSSR count). The van der Waals surface area contributed by atoms with E-state index in [0.29, 0.717) is 17.2 Å². The van der Waals surface area contributed by atoms with Gasteiger partial charge in [-0.3, -0.25) is 13.9 Å². The number of halogens is 3. The fourth-order valence-corrected chi connectivity index (χ4v) is 2.91. The number of aromatic nitrogens is 4. The van der Waals surface area contributed by atoms with Crippen molar-refractivity contribution in [1.29, 1.82) is 0 Å². The van der Waals surface area contributed by atoms with Crippen molar-refractivity contribution in [2.45, 2.75) is 6.18 Å². The van der Waals surface area contributed by atoms with Gasteiger partial charge in [0.1, 0.15) is 17.0 Å². The van der Waals surface area contributed by atoms with E-state index in [2.05, 4.69) is 20.7 Å². The number of nitrogens with one attached hydrogen (secondary N) is 2. The number of aryl methyl sites for hydroxylation is 1. The van der Waals surface area contributed by atoms with Crippen molar-refractivity contribution in [3.63, 3.8) is 0 Å². The molecule has 0 unspecified atom stereocenters. The van der Waals surface area contributed by atoms with Gasteiger partial charge in [-0.05, 0) is 36.4 Å². The van der Waals surface area contributed by atoms with Crippen molar-refractivity contribution in [3.05, 3.63) is 66.1 Å². The van der Waals surface area contributed by atoms with E-state index < -0.39 is 17.8 Å². The maximum Gasteiger partial charge on any atom is 0.434 e. The molecule has 3 aromatic heterocycles. The maximum atomic E-state index is 12.9. The highest BCUT2D eigenvalue weighted by molar-refractivity contribution is 6.07. The van der Waals surface area contributed by atoms with Gasteiger partial charge in [0.25, 0.3) is 5.91 Å². The molecule has 11 heteroatoms. The third kappa shape index (κ3) is 3.77. The largest absolute Gasteiger partial charge is 0.434 e. The standard InChI is InChI=1S/C19H16F3N7O/c1-28-9-13(17(23)27-28)18(30)25-12-7-5-11(6-8-12)24-15-3-2-4-16-26-14(10-29(15)16)19(20,21)22/h2-10,24H,1H3,(H2,23,27)(H,25,30). The lowest BCUT2D eigenvalue weighted by molar-refractivity contribution is -0.140. The third-order valence-corrected chi connectivity index (χ3v) is 4.30. The number of nitrogen functional groups attached to an aromatic ring is 1. The fourth-order valence-electron chi connectivity index (χ4n) is 2.91. The van der Waals surface area contributed by atoms with Gasteiger partial charge in [0, 0.05) is 30.8 Å². The molecule has 1 aromatic carbocycles. The zero-order valence-electron chi connectivity index (χ0n) is 15.6. The molecule has 0 aliphatic carbocycles. The van der Waals surface area contributed by atoms with Crippen molar-refractivity contribution in [2.75, 3.05) is 16.4 Å². The number of alkyl halides is 3. The van der Waals surface area contributed by atoms with E-state index in [9.17, 15) is 18.0 Å². The average Bonchev–Trinajstić information content (AvgIpc) is 3.27. The van der Waals surface area contributed by atoms with E-state index in [0.717, 1.165) is 6.20 Å². The zero-order valence-corrected chi connectivity index (χ0v) is 15.6. The lowest BCUT2D eigenvalue weighted by atomic mass is 10.2.